The van der Waals surface area contributed by atoms with Crippen molar-refractivity contribution in [3.63, 3.8) is 0 Å². The second kappa shape index (κ2) is 11.6. The van der Waals surface area contributed by atoms with E-state index in [1.807, 2.05) is 36.7 Å². The van der Waals surface area contributed by atoms with Gasteiger partial charge >= 0.3 is 11.8 Å². The Hall–Kier alpha value is -2.95. The molecule has 0 fully saturated rings. The number of aromatic nitrogens is 2. The van der Waals surface area contributed by atoms with Gasteiger partial charge in [-0.3, -0.25) is 14.8 Å². The number of aromatic hydroxyl groups is 1. The third kappa shape index (κ3) is 6.31. The molecule has 0 spiro atoms. The molecule has 0 bridgehead atoms. The minimum Gasteiger partial charge on any atom is -0.506 e. The van der Waals surface area contributed by atoms with Gasteiger partial charge in [-0.1, -0.05) is 30.3 Å². The standard InChI is InChI=1S/C15H7F3O4.C12H12N2.Eu/c16-15(17,18)13(20)11-12(19)10-8-4-2-1-3-7(8)5-6-9(10)22-14(11)21;1-9-3-5-13-11(7-9)12-8-10(2)4-6-14-12;/h1-6,19H;3-8H,1-2H3;. The van der Waals surface area contributed by atoms with E-state index in [1.54, 1.807) is 30.3 Å². The molecule has 0 atom stereocenters. The number of hydrogen-bond acceptors (Lipinski definition) is 6. The van der Waals surface area contributed by atoms with Crippen LogP contribution in [0.5, 0.6) is 5.75 Å². The van der Waals surface area contributed by atoms with Crippen LogP contribution in [0.15, 0.2) is 82.3 Å². The molecule has 37 heavy (non-hydrogen) atoms. The molecular formula is C27H19EuF3N2O4. The molecule has 0 aliphatic carbocycles. The number of nitrogens with zero attached hydrogens (tertiary/aromatic N) is 2. The third-order valence-corrected chi connectivity index (χ3v) is 5.35. The van der Waals surface area contributed by atoms with Crippen LogP contribution in [0.25, 0.3) is 33.1 Å². The predicted octanol–water partition coefficient (Wildman–Crippen LogP) is 6.16. The van der Waals surface area contributed by atoms with E-state index in [9.17, 15) is 27.9 Å². The van der Waals surface area contributed by atoms with Gasteiger partial charge in [0.1, 0.15) is 11.3 Å². The van der Waals surface area contributed by atoms with Crippen molar-refractivity contribution in [3.05, 3.63) is 100 Å². The number of rotatable bonds is 2. The average molecular weight is 644 g/mol. The second-order valence-electron chi connectivity index (χ2n) is 8.04. The zero-order chi connectivity index (χ0) is 26.0. The maximum absolute atomic E-state index is 12.6. The average Bonchev–Trinajstić information content (AvgIpc) is 2.83. The summed E-state index contributed by atoms with van der Waals surface area (Å²) in [5.74, 6) is -3.46. The first-order valence-corrected chi connectivity index (χ1v) is 10.7. The van der Waals surface area contributed by atoms with Crippen molar-refractivity contribution in [3.8, 4) is 17.1 Å². The first kappa shape index (κ1) is 28.6. The molecule has 1 radical (unpaired) electrons. The summed E-state index contributed by atoms with van der Waals surface area (Å²) in [7, 11) is 0. The molecule has 0 aliphatic rings. The number of aryl methyl sites for hydroxylation is 2. The molecule has 0 amide bonds. The Bertz CT molecular complexity index is 1620. The first-order chi connectivity index (χ1) is 17.1. The summed E-state index contributed by atoms with van der Waals surface area (Å²) in [6.45, 7) is 4.11. The van der Waals surface area contributed by atoms with Crippen LogP contribution in [-0.4, -0.2) is 27.0 Å². The van der Waals surface area contributed by atoms with Crippen LogP contribution in [0.1, 0.15) is 21.5 Å². The van der Waals surface area contributed by atoms with Gasteiger partial charge in [0.05, 0.1) is 16.8 Å². The van der Waals surface area contributed by atoms with E-state index in [2.05, 4.69) is 23.8 Å². The Balaban J connectivity index is 0.000000220. The van der Waals surface area contributed by atoms with Crippen LogP contribution >= 0.6 is 0 Å². The SMILES string of the molecule is Cc1ccnc(-c2cc(C)ccn2)c1.O=C(c1c(O)c2c(ccc3ccccc32)oc1=O)C(F)(F)F.[Eu]. The Labute approximate surface area is 249 Å². The number of ketones is 1. The van der Waals surface area contributed by atoms with E-state index in [-0.39, 0.29) is 60.3 Å². The Morgan fingerprint density at radius 1 is 0.892 bits per heavy atom. The minimum absolute atomic E-state index is 0. The number of fused-ring (bicyclic) bond motifs is 3. The summed E-state index contributed by atoms with van der Waals surface area (Å²) in [6.07, 6.45) is -1.66. The number of carbonyl (C=O) groups is 1. The van der Waals surface area contributed by atoms with Crippen LogP contribution in [0, 0.1) is 63.2 Å². The molecule has 3 heterocycles. The van der Waals surface area contributed by atoms with Gasteiger partial charge in [-0.05, 0) is 66.1 Å². The zero-order valence-electron chi connectivity index (χ0n) is 19.5. The molecule has 2 aromatic carbocycles. The number of carbonyl (C=O) groups excluding carboxylic acids is 1. The van der Waals surface area contributed by atoms with Crippen molar-refractivity contribution in [1.82, 2.24) is 9.97 Å². The topological polar surface area (TPSA) is 93.3 Å². The molecule has 10 heteroatoms. The summed E-state index contributed by atoms with van der Waals surface area (Å²) in [4.78, 5) is 31.6. The maximum Gasteiger partial charge on any atom is 0.455 e. The summed E-state index contributed by atoms with van der Waals surface area (Å²) in [6, 6.07) is 17.5. The van der Waals surface area contributed by atoms with Crippen molar-refractivity contribution in [2.75, 3.05) is 0 Å². The third-order valence-electron chi connectivity index (χ3n) is 5.35. The van der Waals surface area contributed by atoms with Crippen LogP contribution in [-0.2, 0) is 0 Å². The zero-order valence-corrected chi connectivity index (χ0v) is 21.9. The molecule has 0 saturated carbocycles. The molecule has 0 saturated heterocycles. The van der Waals surface area contributed by atoms with Crippen molar-refractivity contribution in [2.24, 2.45) is 0 Å². The Morgan fingerprint density at radius 3 is 2.00 bits per heavy atom. The molecule has 1 N–H and O–H groups in total. The molecular weight excluding hydrogens is 625 g/mol. The smallest absolute Gasteiger partial charge is 0.455 e. The van der Waals surface area contributed by atoms with Gasteiger partial charge in [0, 0.05) is 61.8 Å². The van der Waals surface area contributed by atoms with Gasteiger partial charge in [0.2, 0.25) is 0 Å². The fourth-order valence-electron chi connectivity index (χ4n) is 3.65. The molecule has 5 aromatic rings. The van der Waals surface area contributed by atoms with Crippen LogP contribution in [0.3, 0.4) is 0 Å². The van der Waals surface area contributed by atoms with Crippen molar-refractivity contribution in [1.29, 1.82) is 0 Å². The van der Waals surface area contributed by atoms with E-state index in [1.165, 1.54) is 17.2 Å². The fourth-order valence-corrected chi connectivity index (χ4v) is 3.65. The minimum atomic E-state index is -5.29. The first-order valence-electron chi connectivity index (χ1n) is 10.7. The predicted molar refractivity (Wildman–Crippen MR) is 129 cm³/mol. The molecule has 0 unspecified atom stereocenters. The Morgan fingerprint density at radius 2 is 1.46 bits per heavy atom. The van der Waals surface area contributed by atoms with E-state index < -0.39 is 28.9 Å². The van der Waals surface area contributed by atoms with E-state index in [0.717, 1.165) is 11.4 Å². The van der Waals surface area contributed by atoms with Gasteiger partial charge in [0.15, 0.2) is 5.56 Å². The van der Waals surface area contributed by atoms with Gasteiger partial charge in [-0.25, -0.2) is 4.79 Å². The normalized spacial score (nSPS) is 10.9. The number of Topliss-reactive ketones (excluding diaryl/α,β-unsaturated/α-hetero) is 1. The number of hydrogen-bond donors (Lipinski definition) is 1. The number of alkyl halides is 3. The van der Waals surface area contributed by atoms with Crippen LogP contribution in [0.2, 0.25) is 0 Å². The number of halogens is 3. The van der Waals surface area contributed by atoms with Crippen molar-refractivity contribution < 1.29 is 76.9 Å². The number of benzene rings is 2. The summed E-state index contributed by atoms with van der Waals surface area (Å²) in [5.41, 5.74) is 1.26. The molecule has 6 nitrogen and oxygen atoms in total. The molecule has 3 aromatic heterocycles. The monoisotopic (exact) mass is 645 g/mol. The largest absolute Gasteiger partial charge is 0.506 e. The van der Waals surface area contributed by atoms with E-state index >= 15 is 0 Å². The van der Waals surface area contributed by atoms with Gasteiger partial charge in [-0.15, -0.1) is 0 Å². The Kier molecular flexibility index (Phi) is 8.99. The second-order valence-corrected chi connectivity index (χ2v) is 8.04. The van der Waals surface area contributed by atoms with Crippen molar-refractivity contribution >= 4 is 27.5 Å². The number of pyridine rings is 2. The van der Waals surface area contributed by atoms with Gasteiger partial charge in [0.25, 0.3) is 5.78 Å². The molecule has 5 rings (SSSR count). The summed E-state index contributed by atoms with van der Waals surface area (Å²) >= 11 is 0. The van der Waals surface area contributed by atoms with Crippen molar-refractivity contribution in [2.45, 2.75) is 20.0 Å². The van der Waals surface area contributed by atoms with E-state index in [4.69, 9.17) is 4.42 Å². The van der Waals surface area contributed by atoms with Crippen LogP contribution < -0.4 is 5.63 Å². The summed E-state index contributed by atoms with van der Waals surface area (Å²) < 4.78 is 42.5. The van der Waals surface area contributed by atoms with Crippen LogP contribution in [0.4, 0.5) is 13.2 Å². The van der Waals surface area contributed by atoms with Gasteiger partial charge in [-0.2, -0.15) is 13.2 Å². The fraction of sp³-hybridized carbons (Fsp3) is 0.111. The van der Waals surface area contributed by atoms with Gasteiger partial charge < -0.3 is 9.52 Å². The van der Waals surface area contributed by atoms with E-state index in [0.29, 0.717) is 10.8 Å². The molecule has 0 aliphatic heterocycles. The maximum atomic E-state index is 12.6. The molecule has 189 valence electrons. The quantitative estimate of drug-likeness (QED) is 0.141. The summed E-state index contributed by atoms with van der Waals surface area (Å²) in [5, 5.41) is 11.0.